The van der Waals surface area contributed by atoms with Crippen LogP contribution in [-0.4, -0.2) is 51.9 Å². The molecule has 4 aromatic rings. The summed E-state index contributed by atoms with van der Waals surface area (Å²) in [6.07, 6.45) is 0. The van der Waals surface area contributed by atoms with Gasteiger partial charge >= 0.3 is 0 Å². The maximum absolute atomic E-state index is 13.2. The molecule has 0 radical (unpaired) electrons. The Morgan fingerprint density at radius 1 is 0.970 bits per heavy atom. The van der Waals surface area contributed by atoms with Gasteiger partial charge in [-0.2, -0.15) is 0 Å². The predicted molar refractivity (Wildman–Crippen MR) is 134 cm³/mol. The highest BCUT2D eigenvalue weighted by Gasteiger charge is 2.24. The molecule has 2 aromatic carbocycles. The summed E-state index contributed by atoms with van der Waals surface area (Å²) < 4.78 is 1.08. The maximum atomic E-state index is 13.2. The number of nitrogens with zero attached hydrogens (tertiary/aromatic N) is 5. The Morgan fingerprint density at radius 3 is 2.48 bits per heavy atom. The van der Waals surface area contributed by atoms with Crippen molar-refractivity contribution in [3.05, 3.63) is 70.5 Å². The van der Waals surface area contributed by atoms with Crippen LogP contribution in [0.15, 0.2) is 48.5 Å². The molecule has 9 heteroatoms. The van der Waals surface area contributed by atoms with Crippen molar-refractivity contribution < 1.29 is 4.79 Å². The van der Waals surface area contributed by atoms with E-state index in [-0.39, 0.29) is 5.91 Å². The number of aryl methyl sites for hydroxylation is 2. The topological polar surface area (TPSA) is 74.2 Å². The van der Waals surface area contributed by atoms with Crippen LogP contribution in [0.4, 0.5) is 16.8 Å². The number of nitrogens with one attached hydrogen (secondary N) is 1. The summed E-state index contributed by atoms with van der Waals surface area (Å²) in [7, 11) is 0. The minimum Gasteiger partial charge on any atom is -0.345 e. The van der Waals surface area contributed by atoms with Gasteiger partial charge in [0.2, 0.25) is 5.95 Å². The average Bonchev–Trinajstić information content (AvgIpc) is 3.21. The number of hydrogen-bond donors (Lipinski definition) is 1. The van der Waals surface area contributed by atoms with Crippen molar-refractivity contribution in [2.45, 2.75) is 13.8 Å². The molecular formula is C24H23ClN6OS. The lowest BCUT2D eigenvalue weighted by molar-refractivity contribution is 0.0747. The first kappa shape index (κ1) is 21.6. The molecule has 5 rings (SSSR count). The van der Waals surface area contributed by atoms with Crippen LogP contribution in [0.3, 0.4) is 0 Å². The summed E-state index contributed by atoms with van der Waals surface area (Å²) >= 11 is 7.74. The molecule has 33 heavy (non-hydrogen) atoms. The number of carbonyl (C=O) groups excluding carboxylic acids is 1. The fraction of sp³-hybridized carbons (Fsp3) is 0.250. The number of benzene rings is 2. The van der Waals surface area contributed by atoms with Gasteiger partial charge in [0, 0.05) is 53.8 Å². The second-order valence-electron chi connectivity index (χ2n) is 8.07. The van der Waals surface area contributed by atoms with Gasteiger partial charge in [-0.15, -0.1) is 0 Å². The first-order valence-corrected chi connectivity index (χ1v) is 11.9. The van der Waals surface area contributed by atoms with Gasteiger partial charge in [0.15, 0.2) is 5.13 Å². The molecule has 0 aliphatic carbocycles. The van der Waals surface area contributed by atoms with Gasteiger partial charge in [-0.1, -0.05) is 29.0 Å². The molecule has 0 unspecified atom stereocenters. The zero-order valence-corrected chi connectivity index (χ0v) is 20.0. The molecule has 3 heterocycles. The maximum Gasteiger partial charge on any atom is 0.254 e. The van der Waals surface area contributed by atoms with Crippen molar-refractivity contribution in [2.75, 3.05) is 36.4 Å². The van der Waals surface area contributed by atoms with E-state index in [9.17, 15) is 4.79 Å². The van der Waals surface area contributed by atoms with Crippen molar-refractivity contribution in [3.8, 4) is 0 Å². The summed E-state index contributed by atoms with van der Waals surface area (Å²) in [5, 5.41) is 4.90. The minimum atomic E-state index is 0.0238. The lowest BCUT2D eigenvalue weighted by Crippen LogP contribution is -2.48. The number of aromatic nitrogens is 3. The predicted octanol–water partition coefficient (Wildman–Crippen LogP) is 5.06. The van der Waals surface area contributed by atoms with E-state index in [2.05, 4.69) is 20.2 Å². The van der Waals surface area contributed by atoms with Crippen molar-refractivity contribution in [2.24, 2.45) is 0 Å². The van der Waals surface area contributed by atoms with Crippen LogP contribution in [0.2, 0.25) is 5.02 Å². The summed E-state index contributed by atoms with van der Waals surface area (Å²) in [4.78, 5) is 30.8. The quantitative estimate of drug-likeness (QED) is 0.441. The van der Waals surface area contributed by atoms with E-state index >= 15 is 0 Å². The van der Waals surface area contributed by atoms with E-state index in [1.165, 1.54) is 0 Å². The molecule has 1 aliphatic rings. The number of thiazole rings is 1. The molecule has 1 N–H and O–H groups in total. The molecule has 168 valence electrons. The Hall–Kier alpha value is -3.23. The Morgan fingerprint density at radius 2 is 1.73 bits per heavy atom. The average molecular weight is 479 g/mol. The third kappa shape index (κ3) is 4.77. The SMILES string of the molecule is Cc1cc(C)nc(Nc2cccc(C(=O)N3CCN(c4nc5ccc(Cl)cc5s4)CC3)c2)n1. The fourth-order valence-corrected chi connectivity index (χ4v) is 5.24. The summed E-state index contributed by atoms with van der Waals surface area (Å²) in [5.41, 5.74) is 4.18. The molecule has 0 bridgehead atoms. The number of piperazine rings is 1. The van der Waals surface area contributed by atoms with E-state index in [0.717, 1.165) is 45.5 Å². The molecule has 1 aliphatic heterocycles. The lowest BCUT2D eigenvalue weighted by atomic mass is 10.1. The van der Waals surface area contributed by atoms with Gasteiger partial charge in [-0.05, 0) is 56.3 Å². The molecule has 1 fully saturated rings. The van der Waals surface area contributed by atoms with E-state index < -0.39 is 0 Å². The second-order valence-corrected chi connectivity index (χ2v) is 9.51. The van der Waals surface area contributed by atoms with E-state index in [1.807, 2.05) is 67.3 Å². The number of hydrogen-bond acceptors (Lipinski definition) is 7. The number of amides is 1. The molecule has 1 amide bonds. The molecule has 0 spiro atoms. The van der Waals surface area contributed by atoms with Gasteiger partial charge in [0.25, 0.3) is 5.91 Å². The number of fused-ring (bicyclic) bond motifs is 1. The van der Waals surface area contributed by atoms with Crippen LogP contribution < -0.4 is 10.2 Å². The molecule has 7 nitrogen and oxygen atoms in total. The summed E-state index contributed by atoms with van der Waals surface area (Å²) in [5.74, 6) is 0.554. The lowest BCUT2D eigenvalue weighted by Gasteiger charge is -2.34. The second kappa shape index (κ2) is 8.96. The van der Waals surface area contributed by atoms with Crippen LogP contribution in [0.1, 0.15) is 21.7 Å². The number of halogens is 1. The molecule has 0 atom stereocenters. The summed E-state index contributed by atoms with van der Waals surface area (Å²) in [6, 6.07) is 15.2. The third-order valence-corrected chi connectivity index (χ3v) is 6.84. The first-order chi connectivity index (χ1) is 15.9. The van der Waals surface area contributed by atoms with Gasteiger partial charge in [0.05, 0.1) is 10.2 Å². The van der Waals surface area contributed by atoms with Crippen molar-refractivity contribution in [1.29, 1.82) is 0 Å². The van der Waals surface area contributed by atoms with Crippen LogP contribution in [0.5, 0.6) is 0 Å². The molecule has 1 saturated heterocycles. The normalized spacial score (nSPS) is 14.0. The van der Waals surface area contributed by atoms with E-state index in [0.29, 0.717) is 29.6 Å². The van der Waals surface area contributed by atoms with Gasteiger partial charge in [-0.25, -0.2) is 15.0 Å². The molecular weight excluding hydrogens is 456 g/mol. The van der Waals surface area contributed by atoms with Gasteiger partial charge in [0.1, 0.15) is 0 Å². The zero-order valence-electron chi connectivity index (χ0n) is 18.4. The number of anilines is 3. The first-order valence-electron chi connectivity index (χ1n) is 10.7. The van der Waals surface area contributed by atoms with Crippen LogP contribution in [0.25, 0.3) is 10.2 Å². The van der Waals surface area contributed by atoms with Crippen LogP contribution >= 0.6 is 22.9 Å². The fourth-order valence-electron chi connectivity index (χ4n) is 3.95. The van der Waals surface area contributed by atoms with Crippen molar-refractivity contribution in [1.82, 2.24) is 19.9 Å². The van der Waals surface area contributed by atoms with Crippen molar-refractivity contribution >= 4 is 55.8 Å². The van der Waals surface area contributed by atoms with E-state index in [1.54, 1.807) is 11.3 Å². The Labute approximate surface area is 201 Å². The Balaban J connectivity index is 1.25. The largest absolute Gasteiger partial charge is 0.345 e. The monoisotopic (exact) mass is 478 g/mol. The summed E-state index contributed by atoms with van der Waals surface area (Å²) in [6.45, 7) is 6.65. The minimum absolute atomic E-state index is 0.0238. The third-order valence-electron chi connectivity index (χ3n) is 5.52. The van der Waals surface area contributed by atoms with Crippen LogP contribution in [0, 0.1) is 13.8 Å². The van der Waals surface area contributed by atoms with Crippen LogP contribution in [-0.2, 0) is 0 Å². The van der Waals surface area contributed by atoms with Gasteiger partial charge in [-0.3, -0.25) is 4.79 Å². The van der Waals surface area contributed by atoms with Gasteiger partial charge < -0.3 is 15.1 Å². The highest BCUT2D eigenvalue weighted by Crippen LogP contribution is 2.31. The standard InChI is InChI=1S/C24H23ClN6OS/c1-15-12-16(2)27-23(26-15)28-19-5-3-4-17(13-19)22(32)30-8-10-31(11-9-30)24-29-20-7-6-18(25)14-21(20)33-24/h3-7,12-14H,8-11H2,1-2H3,(H,26,27,28). The Kier molecular flexibility index (Phi) is 5.86. The van der Waals surface area contributed by atoms with Crippen molar-refractivity contribution in [3.63, 3.8) is 0 Å². The number of rotatable bonds is 4. The highest BCUT2D eigenvalue weighted by atomic mass is 35.5. The zero-order chi connectivity index (χ0) is 22.9. The Bertz CT molecular complexity index is 1310. The smallest absolute Gasteiger partial charge is 0.254 e. The molecule has 0 saturated carbocycles. The highest BCUT2D eigenvalue weighted by molar-refractivity contribution is 7.22. The number of carbonyl (C=O) groups is 1. The van der Waals surface area contributed by atoms with E-state index in [4.69, 9.17) is 16.6 Å². The molecule has 2 aromatic heterocycles.